The molecule has 3 heteroatoms. The van der Waals surface area contributed by atoms with Crippen molar-refractivity contribution in [2.75, 3.05) is 26.2 Å². The molecule has 0 bridgehead atoms. The first-order chi connectivity index (χ1) is 13.0. The number of piperidine rings is 1. The molecule has 2 rings (SSSR count). The van der Waals surface area contributed by atoms with Crippen molar-refractivity contribution in [2.45, 2.75) is 111 Å². The molecule has 0 spiro atoms. The van der Waals surface area contributed by atoms with Crippen molar-refractivity contribution in [2.24, 2.45) is 16.3 Å². The molecule has 27 heavy (non-hydrogen) atoms. The van der Waals surface area contributed by atoms with Crippen LogP contribution in [0.3, 0.4) is 0 Å². The van der Waals surface area contributed by atoms with Gasteiger partial charge >= 0.3 is 0 Å². The van der Waals surface area contributed by atoms with Crippen LogP contribution in [-0.4, -0.2) is 48.0 Å². The number of likely N-dealkylation sites (tertiary alicyclic amines) is 1. The van der Waals surface area contributed by atoms with Crippen LogP contribution in [0.2, 0.25) is 0 Å². The van der Waals surface area contributed by atoms with Crippen molar-refractivity contribution in [1.82, 2.24) is 9.80 Å². The number of nitrogens with zero attached hydrogens (tertiary/aromatic N) is 3. The van der Waals surface area contributed by atoms with E-state index in [1.165, 1.54) is 96.2 Å². The fourth-order valence-electron chi connectivity index (χ4n) is 4.82. The molecule has 0 N–H and O–H groups in total. The molecule has 158 valence electrons. The Balaban J connectivity index is 2.13. The molecule has 1 saturated heterocycles. The lowest BCUT2D eigenvalue weighted by Crippen LogP contribution is -2.50. The van der Waals surface area contributed by atoms with E-state index in [2.05, 4.69) is 44.4 Å². The summed E-state index contributed by atoms with van der Waals surface area (Å²) < 4.78 is 0. The van der Waals surface area contributed by atoms with Gasteiger partial charge < -0.3 is 9.80 Å². The predicted molar refractivity (Wildman–Crippen MR) is 119 cm³/mol. The molecule has 3 nitrogen and oxygen atoms in total. The van der Waals surface area contributed by atoms with Gasteiger partial charge in [0.2, 0.25) is 0 Å². The summed E-state index contributed by atoms with van der Waals surface area (Å²) in [4.78, 5) is 10.7. The van der Waals surface area contributed by atoms with Crippen LogP contribution in [0.5, 0.6) is 0 Å². The number of rotatable bonds is 8. The smallest absolute Gasteiger partial charge is 0.196 e. The minimum Gasteiger partial charge on any atom is -0.343 e. The molecule has 1 saturated carbocycles. The van der Waals surface area contributed by atoms with Crippen molar-refractivity contribution < 1.29 is 0 Å². The number of aliphatic imine (C=N–C) groups is 1. The molecular weight excluding hydrogens is 330 g/mol. The Morgan fingerprint density at radius 2 is 1.78 bits per heavy atom. The largest absolute Gasteiger partial charge is 0.343 e. The Hall–Kier alpha value is -0.730. The third-order valence-electron chi connectivity index (χ3n) is 6.92. The van der Waals surface area contributed by atoms with E-state index in [1.54, 1.807) is 0 Å². The lowest BCUT2D eigenvalue weighted by molar-refractivity contribution is 0.167. The van der Waals surface area contributed by atoms with Crippen molar-refractivity contribution >= 4 is 5.96 Å². The van der Waals surface area contributed by atoms with Crippen molar-refractivity contribution in [3.05, 3.63) is 0 Å². The molecule has 0 aromatic heterocycles. The average Bonchev–Trinajstić information content (AvgIpc) is 2.68. The van der Waals surface area contributed by atoms with Crippen LogP contribution in [0.15, 0.2) is 4.99 Å². The second kappa shape index (κ2) is 11.3. The highest BCUT2D eigenvalue weighted by Crippen LogP contribution is 2.33. The highest BCUT2D eigenvalue weighted by atomic mass is 15.4. The molecule has 0 amide bonds. The first-order valence-corrected chi connectivity index (χ1v) is 12.1. The van der Waals surface area contributed by atoms with Gasteiger partial charge in [0, 0.05) is 26.2 Å². The average molecular weight is 378 g/mol. The van der Waals surface area contributed by atoms with E-state index >= 15 is 0 Å². The molecule has 2 aliphatic rings. The minimum atomic E-state index is 0.473. The Morgan fingerprint density at radius 1 is 1.04 bits per heavy atom. The highest BCUT2D eigenvalue weighted by Gasteiger charge is 2.29. The Kier molecular flexibility index (Phi) is 9.45. The molecule has 0 aromatic carbocycles. The van der Waals surface area contributed by atoms with E-state index < -0.39 is 0 Å². The maximum absolute atomic E-state index is 5.40. The van der Waals surface area contributed by atoms with Crippen LogP contribution in [-0.2, 0) is 0 Å². The summed E-state index contributed by atoms with van der Waals surface area (Å²) in [5.74, 6) is 2.17. The third kappa shape index (κ3) is 7.31. The van der Waals surface area contributed by atoms with Crippen molar-refractivity contribution in [3.63, 3.8) is 0 Å². The van der Waals surface area contributed by atoms with Gasteiger partial charge in [0.1, 0.15) is 0 Å². The molecular formula is C24H47N3. The van der Waals surface area contributed by atoms with E-state index in [0.29, 0.717) is 11.5 Å². The van der Waals surface area contributed by atoms with Crippen LogP contribution in [0.1, 0.15) is 105 Å². The van der Waals surface area contributed by atoms with E-state index in [4.69, 9.17) is 4.99 Å². The van der Waals surface area contributed by atoms with E-state index in [1.807, 2.05) is 0 Å². The zero-order valence-corrected chi connectivity index (χ0v) is 19.1. The fraction of sp³-hybridized carbons (Fsp3) is 0.958. The Labute approximate surface area is 170 Å². The number of hydrogen-bond donors (Lipinski definition) is 0. The molecule has 2 fully saturated rings. The highest BCUT2D eigenvalue weighted by molar-refractivity contribution is 5.80. The topological polar surface area (TPSA) is 18.8 Å². The van der Waals surface area contributed by atoms with Crippen LogP contribution in [0.4, 0.5) is 0 Å². The van der Waals surface area contributed by atoms with Crippen LogP contribution >= 0.6 is 0 Å². The van der Waals surface area contributed by atoms with Gasteiger partial charge in [-0.2, -0.15) is 0 Å². The summed E-state index contributed by atoms with van der Waals surface area (Å²) in [5, 5.41) is 0. The molecule has 0 radical (unpaired) electrons. The summed E-state index contributed by atoms with van der Waals surface area (Å²) >= 11 is 0. The van der Waals surface area contributed by atoms with Gasteiger partial charge in [-0.25, -0.2) is 4.99 Å². The van der Waals surface area contributed by atoms with Gasteiger partial charge in [-0.1, -0.05) is 59.8 Å². The normalized spacial score (nSPS) is 22.9. The molecule has 0 aromatic rings. The quantitative estimate of drug-likeness (QED) is 0.363. The standard InChI is InChI=1S/C24H47N3/c1-6-9-17-26(8-3)23(25-22-15-11-10-12-16-22)27-18-13-14-21(20-27)19-24(4,5)7-2/h21-22H,6-20H2,1-5H3. The lowest BCUT2D eigenvalue weighted by atomic mass is 9.78. The summed E-state index contributed by atoms with van der Waals surface area (Å²) in [6, 6.07) is 0.567. The van der Waals surface area contributed by atoms with Crippen molar-refractivity contribution in [1.29, 1.82) is 0 Å². The minimum absolute atomic E-state index is 0.473. The monoisotopic (exact) mass is 377 g/mol. The molecule has 1 aliphatic heterocycles. The predicted octanol–water partition coefficient (Wildman–Crippen LogP) is 6.34. The van der Waals surface area contributed by atoms with Gasteiger partial charge in [0.15, 0.2) is 5.96 Å². The van der Waals surface area contributed by atoms with Gasteiger partial charge in [0.05, 0.1) is 6.04 Å². The van der Waals surface area contributed by atoms with Crippen LogP contribution in [0.25, 0.3) is 0 Å². The fourth-order valence-corrected chi connectivity index (χ4v) is 4.82. The van der Waals surface area contributed by atoms with Gasteiger partial charge in [0.25, 0.3) is 0 Å². The molecule has 1 unspecified atom stereocenters. The molecule has 1 aliphatic carbocycles. The molecule has 1 heterocycles. The second-order valence-electron chi connectivity index (χ2n) is 9.83. The number of unbranched alkanes of at least 4 members (excludes halogenated alkanes) is 1. The van der Waals surface area contributed by atoms with Crippen molar-refractivity contribution in [3.8, 4) is 0 Å². The van der Waals surface area contributed by atoms with Gasteiger partial charge in [-0.3, -0.25) is 0 Å². The SMILES string of the molecule is CCCCN(CC)C(=NC1CCCCC1)N1CCCC(CC(C)(C)CC)C1. The van der Waals surface area contributed by atoms with E-state index in [0.717, 1.165) is 12.5 Å². The first kappa shape index (κ1) is 22.6. The Bertz CT molecular complexity index is 437. The molecule has 1 atom stereocenters. The van der Waals surface area contributed by atoms with Gasteiger partial charge in [-0.15, -0.1) is 0 Å². The van der Waals surface area contributed by atoms with E-state index in [9.17, 15) is 0 Å². The zero-order valence-electron chi connectivity index (χ0n) is 19.1. The van der Waals surface area contributed by atoms with E-state index in [-0.39, 0.29) is 0 Å². The summed E-state index contributed by atoms with van der Waals surface area (Å²) in [7, 11) is 0. The number of guanidine groups is 1. The maximum atomic E-state index is 5.40. The zero-order chi connectivity index (χ0) is 19.7. The third-order valence-corrected chi connectivity index (χ3v) is 6.92. The second-order valence-corrected chi connectivity index (χ2v) is 9.83. The summed E-state index contributed by atoms with van der Waals surface area (Å²) in [6.07, 6.45) is 14.7. The first-order valence-electron chi connectivity index (χ1n) is 12.1. The Morgan fingerprint density at radius 3 is 2.41 bits per heavy atom. The van der Waals surface area contributed by atoms with Gasteiger partial charge in [-0.05, 0) is 56.8 Å². The summed E-state index contributed by atoms with van der Waals surface area (Å²) in [5.41, 5.74) is 0.473. The summed E-state index contributed by atoms with van der Waals surface area (Å²) in [6.45, 7) is 16.5. The van der Waals surface area contributed by atoms with Crippen LogP contribution in [0, 0.1) is 11.3 Å². The van der Waals surface area contributed by atoms with Crippen LogP contribution < -0.4 is 0 Å². The maximum Gasteiger partial charge on any atom is 0.196 e. The number of hydrogen-bond acceptors (Lipinski definition) is 1. The lowest BCUT2D eigenvalue weighted by Gasteiger charge is -2.41.